The minimum absolute atomic E-state index is 0. The van der Waals surface area contributed by atoms with Crippen molar-refractivity contribution in [2.45, 2.75) is 51.7 Å². The molecule has 152 valence electrons. The average Bonchev–Trinajstić information content (AvgIpc) is 2.48. The Labute approximate surface area is 175 Å². The molecule has 0 aromatic heterocycles. The van der Waals surface area contributed by atoms with E-state index in [0.29, 0.717) is 13.1 Å². The first-order valence-electron chi connectivity index (χ1n) is 9.40. The quantitative estimate of drug-likeness (QED) is 0.366. The normalized spacial score (nSPS) is 20.2. The number of halogens is 1. The van der Waals surface area contributed by atoms with Gasteiger partial charge in [0, 0.05) is 26.7 Å². The van der Waals surface area contributed by atoms with Crippen molar-refractivity contribution in [1.29, 1.82) is 0 Å². The van der Waals surface area contributed by atoms with Crippen LogP contribution in [0.2, 0.25) is 0 Å². The van der Waals surface area contributed by atoms with Gasteiger partial charge in [0.15, 0.2) is 5.96 Å². The Kier molecular flexibility index (Phi) is 9.43. The molecule has 0 bridgehead atoms. The first-order valence-corrected chi connectivity index (χ1v) is 9.40. The standard InChI is InChI=1S/C18H35N5O2.HI/c1-18(2,3)25-17(24)23-12-15(13-23)21-16(19-4)20-9-6-14-7-10-22(5)11-8-14;/h14-15H,6-13H2,1-5H3,(H2,19,20,21);1H. The lowest BCUT2D eigenvalue weighted by Gasteiger charge is -2.40. The molecule has 2 heterocycles. The molecule has 0 saturated carbocycles. The molecule has 0 aromatic rings. The van der Waals surface area contributed by atoms with Crippen molar-refractivity contribution in [1.82, 2.24) is 20.4 Å². The summed E-state index contributed by atoms with van der Waals surface area (Å²) in [6.07, 6.45) is 3.52. The molecular weight excluding hydrogens is 445 g/mol. The van der Waals surface area contributed by atoms with E-state index in [-0.39, 0.29) is 36.1 Å². The van der Waals surface area contributed by atoms with Crippen molar-refractivity contribution >= 4 is 36.0 Å². The van der Waals surface area contributed by atoms with Gasteiger partial charge in [0.05, 0.1) is 6.04 Å². The number of carbonyl (C=O) groups excluding carboxylic acids is 1. The van der Waals surface area contributed by atoms with Crippen molar-refractivity contribution in [3.8, 4) is 0 Å². The molecule has 0 spiro atoms. The topological polar surface area (TPSA) is 69.2 Å². The van der Waals surface area contributed by atoms with Gasteiger partial charge in [0.1, 0.15) is 5.60 Å². The Morgan fingerprint density at radius 2 is 1.85 bits per heavy atom. The molecule has 2 fully saturated rings. The highest BCUT2D eigenvalue weighted by molar-refractivity contribution is 14.0. The molecule has 2 aliphatic rings. The summed E-state index contributed by atoms with van der Waals surface area (Å²) in [4.78, 5) is 20.3. The molecule has 0 atom stereocenters. The molecule has 0 radical (unpaired) electrons. The van der Waals surface area contributed by atoms with Crippen molar-refractivity contribution in [2.24, 2.45) is 10.9 Å². The van der Waals surface area contributed by atoms with Gasteiger partial charge < -0.3 is 25.2 Å². The number of likely N-dealkylation sites (tertiary alicyclic amines) is 2. The van der Waals surface area contributed by atoms with Crippen LogP contribution in [0.1, 0.15) is 40.0 Å². The van der Waals surface area contributed by atoms with E-state index in [1.807, 2.05) is 20.8 Å². The van der Waals surface area contributed by atoms with E-state index < -0.39 is 5.60 Å². The van der Waals surface area contributed by atoms with Crippen LogP contribution in [0.4, 0.5) is 4.79 Å². The van der Waals surface area contributed by atoms with E-state index in [9.17, 15) is 4.79 Å². The smallest absolute Gasteiger partial charge is 0.410 e. The van der Waals surface area contributed by atoms with Crippen LogP contribution in [0, 0.1) is 5.92 Å². The van der Waals surface area contributed by atoms with E-state index in [0.717, 1.165) is 18.4 Å². The second-order valence-corrected chi connectivity index (χ2v) is 8.26. The Morgan fingerprint density at radius 3 is 2.38 bits per heavy atom. The molecule has 0 aliphatic carbocycles. The van der Waals surface area contributed by atoms with Crippen LogP contribution in [0.5, 0.6) is 0 Å². The maximum Gasteiger partial charge on any atom is 0.410 e. The second kappa shape index (κ2) is 10.5. The summed E-state index contributed by atoms with van der Waals surface area (Å²) in [5, 5.41) is 6.78. The zero-order chi connectivity index (χ0) is 18.4. The highest BCUT2D eigenvalue weighted by atomic mass is 127. The number of amides is 1. The van der Waals surface area contributed by atoms with Crippen LogP contribution >= 0.6 is 24.0 Å². The molecule has 2 rings (SSSR count). The molecule has 2 saturated heterocycles. The number of nitrogens with zero attached hydrogens (tertiary/aromatic N) is 3. The number of hydrogen-bond donors (Lipinski definition) is 2. The second-order valence-electron chi connectivity index (χ2n) is 8.26. The van der Waals surface area contributed by atoms with Crippen molar-refractivity contribution in [2.75, 3.05) is 46.8 Å². The molecule has 1 amide bonds. The fourth-order valence-electron chi connectivity index (χ4n) is 3.18. The number of rotatable bonds is 4. The zero-order valence-corrected chi connectivity index (χ0v) is 19.2. The lowest BCUT2D eigenvalue weighted by Crippen LogP contribution is -2.63. The highest BCUT2D eigenvalue weighted by Crippen LogP contribution is 2.18. The maximum absolute atomic E-state index is 11.9. The van der Waals surface area contributed by atoms with Gasteiger partial charge in [-0.3, -0.25) is 4.99 Å². The van der Waals surface area contributed by atoms with E-state index >= 15 is 0 Å². The minimum Gasteiger partial charge on any atom is -0.444 e. The third-order valence-corrected chi connectivity index (χ3v) is 4.78. The van der Waals surface area contributed by atoms with E-state index in [2.05, 4.69) is 27.6 Å². The van der Waals surface area contributed by atoms with Gasteiger partial charge in [-0.05, 0) is 66.1 Å². The van der Waals surface area contributed by atoms with Gasteiger partial charge in [-0.25, -0.2) is 4.79 Å². The molecule has 7 nitrogen and oxygen atoms in total. The first-order chi connectivity index (χ1) is 11.8. The molecule has 0 unspecified atom stereocenters. The number of nitrogens with one attached hydrogen (secondary N) is 2. The fraction of sp³-hybridized carbons (Fsp3) is 0.889. The Bertz CT molecular complexity index is 467. The summed E-state index contributed by atoms with van der Waals surface area (Å²) in [5.74, 6) is 1.63. The number of carbonyl (C=O) groups is 1. The molecular formula is C18H36IN5O2. The number of ether oxygens (including phenoxy) is 1. The number of piperidine rings is 1. The van der Waals surface area contributed by atoms with Gasteiger partial charge in [-0.2, -0.15) is 0 Å². The van der Waals surface area contributed by atoms with Crippen LogP contribution in [-0.2, 0) is 4.74 Å². The van der Waals surface area contributed by atoms with Crippen LogP contribution < -0.4 is 10.6 Å². The summed E-state index contributed by atoms with van der Waals surface area (Å²) in [7, 11) is 3.98. The number of guanidine groups is 1. The summed E-state index contributed by atoms with van der Waals surface area (Å²) in [6.45, 7) is 10.3. The van der Waals surface area contributed by atoms with Crippen LogP contribution in [0.25, 0.3) is 0 Å². The third kappa shape index (κ3) is 7.85. The number of aliphatic imine (C=N–C) groups is 1. The summed E-state index contributed by atoms with van der Waals surface area (Å²) in [5.41, 5.74) is -0.443. The predicted molar refractivity (Wildman–Crippen MR) is 116 cm³/mol. The van der Waals surface area contributed by atoms with Gasteiger partial charge in [-0.1, -0.05) is 0 Å². The first kappa shape index (κ1) is 23.3. The lowest BCUT2D eigenvalue weighted by molar-refractivity contribution is 0.00701. The monoisotopic (exact) mass is 481 g/mol. The SMILES string of the molecule is CN=C(NCCC1CCN(C)CC1)NC1CN(C(=O)OC(C)(C)C)C1.I. The maximum atomic E-state index is 11.9. The molecule has 26 heavy (non-hydrogen) atoms. The summed E-state index contributed by atoms with van der Waals surface area (Å²) >= 11 is 0. The van der Waals surface area contributed by atoms with Crippen molar-refractivity contribution in [3.63, 3.8) is 0 Å². The molecule has 0 aromatic carbocycles. The van der Waals surface area contributed by atoms with E-state index in [4.69, 9.17) is 4.74 Å². The van der Waals surface area contributed by atoms with Gasteiger partial charge in [0.25, 0.3) is 0 Å². The predicted octanol–water partition coefficient (Wildman–Crippen LogP) is 2.12. The third-order valence-electron chi connectivity index (χ3n) is 4.78. The van der Waals surface area contributed by atoms with Crippen LogP contribution in [0.15, 0.2) is 4.99 Å². The lowest BCUT2D eigenvalue weighted by atomic mass is 9.94. The Balaban J connectivity index is 0.00000338. The van der Waals surface area contributed by atoms with E-state index in [1.54, 1.807) is 11.9 Å². The van der Waals surface area contributed by atoms with Gasteiger partial charge in [-0.15, -0.1) is 24.0 Å². The highest BCUT2D eigenvalue weighted by Gasteiger charge is 2.34. The van der Waals surface area contributed by atoms with Crippen LogP contribution in [-0.4, -0.2) is 80.3 Å². The van der Waals surface area contributed by atoms with Crippen molar-refractivity contribution < 1.29 is 9.53 Å². The largest absolute Gasteiger partial charge is 0.444 e. The number of hydrogen-bond acceptors (Lipinski definition) is 4. The summed E-state index contributed by atoms with van der Waals surface area (Å²) < 4.78 is 5.37. The van der Waals surface area contributed by atoms with Crippen LogP contribution in [0.3, 0.4) is 0 Å². The van der Waals surface area contributed by atoms with Gasteiger partial charge in [0.2, 0.25) is 0 Å². The van der Waals surface area contributed by atoms with Crippen molar-refractivity contribution in [3.05, 3.63) is 0 Å². The minimum atomic E-state index is -0.443. The van der Waals surface area contributed by atoms with Gasteiger partial charge >= 0.3 is 6.09 Å². The average molecular weight is 481 g/mol. The molecule has 2 aliphatic heterocycles. The molecule has 8 heteroatoms. The Morgan fingerprint density at radius 1 is 1.23 bits per heavy atom. The fourth-order valence-corrected chi connectivity index (χ4v) is 3.18. The summed E-state index contributed by atoms with van der Waals surface area (Å²) in [6, 6.07) is 0.238. The Hall–Kier alpha value is -0.770. The van der Waals surface area contributed by atoms with E-state index in [1.165, 1.54) is 32.4 Å². The zero-order valence-electron chi connectivity index (χ0n) is 16.9. The molecule has 2 N–H and O–H groups in total.